The molecule has 150 valence electrons. The molecule has 3 N–H and O–H groups in total. The SMILES string of the molecule is Cc1ccc(Cn2nc(C)c(/C=C/C(=O)NNC(=O)c3cc(Br)c[nH]3)c2Cl)cc1. The van der Waals surface area contributed by atoms with Gasteiger partial charge in [0.05, 0.1) is 12.2 Å². The van der Waals surface area contributed by atoms with Crippen LogP contribution in [0.1, 0.15) is 32.9 Å². The molecule has 0 saturated carbocycles. The number of nitrogens with one attached hydrogen (secondary N) is 3. The monoisotopic (exact) mass is 475 g/mol. The highest BCUT2D eigenvalue weighted by atomic mass is 79.9. The molecule has 3 aromatic rings. The Morgan fingerprint density at radius 3 is 2.62 bits per heavy atom. The summed E-state index contributed by atoms with van der Waals surface area (Å²) in [5, 5.41) is 4.88. The maximum atomic E-state index is 12.0. The molecule has 0 aliphatic carbocycles. The van der Waals surface area contributed by atoms with Crippen LogP contribution in [0.4, 0.5) is 0 Å². The molecule has 3 rings (SSSR count). The summed E-state index contributed by atoms with van der Waals surface area (Å²) in [7, 11) is 0. The number of amides is 2. The van der Waals surface area contributed by atoms with Crippen molar-refractivity contribution in [3.63, 3.8) is 0 Å². The van der Waals surface area contributed by atoms with Crippen LogP contribution in [0, 0.1) is 13.8 Å². The predicted octanol–water partition coefficient (Wildman–Crippen LogP) is 3.77. The number of hydrazine groups is 1. The van der Waals surface area contributed by atoms with Crippen LogP contribution in [0.5, 0.6) is 0 Å². The average molecular weight is 477 g/mol. The standard InChI is InChI=1S/C20H19BrClN5O2/c1-12-3-5-14(6-4-12)11-27-19(22)16(13(2)26-27)7-8-18(28)24-25-20(29)17-9-15(21)10-23-17/h3-10,23H,11H2,1-2H3,(H,24,28)(H,25,29)/b8-7+. The van der Waals surface area contributed by atoms with Crippen LogP contribution in [0.15, 0.2) is 47.1 Å². The summed E-state index contributed by atoms with van der Waals surface area (Å²) in [6, 6.07) is 9.72. The largest absolute Gasteiger partial charge is 0.356 e. The Balaban J connectivity index is 1.62. The van der Waals surface area contributed by atoms with Gasteiger partial charge in [0.25, 0.3) is 11.8 Å². The molecule has 0 fully saturated rings. The molecule has 29 heavy (non-hydrogen) atoms. The van der Waals surface area contributed by atoms with Crippen LogP contribution in [0.3, 0.4) is 0 Å². The van der Waals surface area contributed by atoms with Gasteiger partial charge in [0.15, 0.2) is 0 Å². The predicted molar refractivity (Wildman–Crippen MR) is 115 cm³/mol. The molecule has 7 nitrogen and oxygen atoms in total. The molecule has 0 aliphatic rings. The van der Waals surface area contributed by atoms with E-state index in [0.717, 1.165) is 10.0 Å². The van der Waals surface area contributed by atoms with Crippen molar-refractivity contribution in [1.82, 2.24) is 25.6 Å². The summed E-state index contributed by atoms with van der Waals surface area (Å²) in [5.74, 6) is -0.955. The van der Waals surface area contributed by atoms with Gasteiger partial charge in [-0.1, -0.05) is 41.4 Å². The van der Waals surface area contributed by atoms with E-state index in [2.05, 4.69) is 36.9 Å². The topological polar surface area (TPSA) is 91.8 Å². The van der Waals surface area contributed by atoms with Crippen molar-refractivity contribution in [2.75, 3.05) is 0 Å². The van der Waals surface area contributed by atoms with Crippen LogP contribution < -0.4 is 10.9 Å². The number of carbonyl (C=O) groups is 2. The fourth-order valence-corrected chi connectivity index (χ4v) is 3.25. The van der Waals surface area contributed by atoms with Crippen LogP contribution in [-0.2, 0) is 11.3 Å². The Bertz CT molecular complexity index is 1070. The molecule has 0 spiro atoms. The summed E-state index contributed by atoms with van der Waals surface area (Å²) in [6.07, 6.45) is 4.48. The maximum absolute atomic E-state index is 12.0. The van der Waals surface area contributed by atoms with E-state index in [1.807, 2.05) is 38.1 Å². The summed E-state index contributed by atoms with van der Waals surface area (Å²) in [4.78, 5) is 26.7. The number of benzene rings is 1. The number of aromatic nitrogens is 3. The van der Waals surface area contributed by atoms with Gasteiger partial charge >= 0.3 is 0 Å². The zero-order chi connectivity index (χ0) is 21.0. The first-order chi connectivity index (χ1) is 13.8. The summed E-state index contributed by atoms with van der Waals surface area (Å²) in [5.41, 5.74) is 8.57. The molecular weight excluding hydrogens is 458 g/mol. The third-order valence-electron chi connectivity index (χ3n) is 4.16. The molecule has 0 saturated heterocycles. The zero-order valence-corrected chi connectivity index (χ0v) is 18.1. The van der Waals surface area contributed by atoms with Gasteiger partial charge in [-0.3, -0.25) is 20.4 Å². The molecule has 2 amide bonds. The Labute approximate surface area is 181 Å². The van der Waals surface area contributed by atoms with Crippen molar-refractivity contribution in [2.45, 2.75) is 20.4 Å². The lowest BCUT2D eigenvalue weighted by Gasteiger charge is -2.04. The number of aromatic amines is 1. The first-order valence-electron chi connectivity index (χ1n) is 8.74. The highest BCUT2D eigenvalue weighted by Gasteiger charge is 2.12. The summed E-state index contributed by atoms with van der Waals surface area (Å²) < 4.78 is 2.42. The van der Waals surface area contributed by atoms with Crippen molar-refractivity contribution in [3.05, 3.63) is 80.3 Å². The third-order valence-corrected chi connectivity index (χ3v) is 5.01. The molecule has 0 radical (unpaired) electrons. The first kappa shape index (κ1) is 20.9. The Kier molecular flexibility index (Phi) is 6.56. The van der Waals surface area contributed by atoms with Crippen molar-refractivity contribution in [3.8, 4) is 0 Å². The number of H-pyrrole nitrogens is 1. The van der Waals surface area contributed by atoms with Crippen LogP contribution in [0.2, 0.25) is 5.15 Å². The molecule has 0 atom stereocenters. The van der Waals surface area contributed by atoms with Gasteiger partial charge in [0, 0.05) is 22.3 Å². The number of carbonyl (C=O) groups excluding carboxylic acids is 2. The molecule has 1 aromatic carbocycles. The molecular formula is C20H19BrClN5O2. The van der Waals surface area contributed by atoms with E-state index in [9.17, 15) is 9.59 Å². The van der Waals surface area contributed by atoms with E-state index in [4.69, 9.17) is 11.6 Å². The quantitative estimate of drug-likeness (QED) is 0.387. The number of aryl methyl sites for hydroxylation is 2. The van der Waals surface area contributed by atoms with E-state index >= 15 is 0 Å². The Morgan fingerprint density at radius 2 is 1.97 bits per heavy atom. The van der Waals surface area contributed by atoms with Crippen molar-refractivity contribution in [2.24, 2.45) is 0 Å². The average Bonchev–Trinajstić information content (AvgIpc) is 3.23. The zero-order valence-electron chi connectivity index (χ0n) is 15.8. The fraction of sp³-hybridized carbons (Fsp3) is 0.150. The maximum Gasteiger partial charge on any atom is 0.286 e. The number of hydrogen-bond donors (Lipinski definition) is 3. The van der Waals surface area contributed by atoms with Crippen LogP contribution >= 0.6 is 27.5 Å². The Hall–Kier alpha value is -2.84. The van der Waals surface area contributed by atoms with Crippen LogP contribution in [-0.4, -0.2) is 26.6 Å². The minimum atomic E-state index is -0.495. The normalized spacial score (nSPS) is 11.0. The van der Waals surface area contributed by atoms with Gasteiger partial charge in [-0.2, -0.15) is 5.10 Å². The van der Waals surface area contributed by atoms with Crippen molar-refractivity contribution in [1.29, 1.82) is 0 Å². The summed E-state index contributed by atoms with van der Waals surface area (Å²) >= 11 is 9.68. The van der Waals surface area contributed by atoms with Gasteiger partial charge in [-0.15, -0.1) is 0 Å². The highest BCUT2D eigenvalue weighted by Crippen LogP contribution is 2.22. The first-order valence-corrected chi connectivity index (χ1v) is 9.91. The lowest BCUT2D eigenvalue weighted by molar-refractivity contribution is -0.117. The second-order valence-electron chi connectivity index (χ2n) is 6.44. The van der Waals surface area contributed by atoms with Crippen molar-refractivity contribution >= 4 is 45.4 Å². The minimum Gasteiger partial charge on any atom is -0.356 e. The van der Waals surface area contributed by atoms with E-state index < -0.39 is 11.8 Å². The number of hydrogen-bond acceptors (Lipinski definition) is 3. The second-order valence-corrected chi connectivity index (χ2v) is 7.72. The molecule has 0 unspecified atom stereocenters. The van der Waals surface area contributed by atoms with Gasteiger partial charge in [-0.05, 0) is 47.5 Å². The van der Waals surface area contributed by atoms with Crippen molar-refractivity contribution < 1.29 is 9.59 Å². The van der Waals surface area contributed by atoms with E-state index in [-0.39, 0.29) is 0 Å². The van der Waals surface area contributed by atoms with Crippen LogP contribution in [0.25, 0.3) is 6.08 Å². The highest BCUT2D eigenvalue weighted by molar-refractivity contribution is 9.10. The number of halogens is 2. The Morgan fingerprint density at radius 1 is 1.24 bits per heavy atom. The minimum absolute atomic E-state index is 0.317. The third kappa shape index (κ3) is 5.36. The van der Waals surface area contributed by atoms with E-state index in [1.54, 1.807) is 23.0 Å². The molecule has 9 heteroatoms. The van der Waals surface area contributed by atoms with E-state index in [1.165, 1.54) is 11.6 Å². The molecule has 2 heterocycles. The van der Waals surface area contributed by atoms with Gasteiger partial charge in [0.2, 0.25) is 0 Å². The van der Waals surface area contributed by atoms with Gasteiger partial charge in [0.1, 0.15) is 10.8 Å². The number of rotatable bonds is 5. The van der Waals surface area contributed by atoms with Gasteiger partial charge < -0.3 is 4.98 Å². The molecule has 2 aromatic heterocycles. The second kappa shape index (κ2) is 9.11. The lowest BCUT2D eigenvalue weighted by Crippen LogP contribution is -2.40. The number of nitrogens with zero attached hydrogens (tertiary/aromatic N) is 2. The van der Waals surface area contributed by atoms with Gasteiger partial charge in [-0.25, -0.2) is 4.68 Å². The lowest BCUT2D eigenvalue weighted by atomic mass is 10.1. The molecule has 0 aliphatic heterocycles. The molecule has 0 bridgehead atoms. The summed E-state index contributed by atoms with van der Waals surface area (Å²) in [6.45, 7) is 4.38. The fourth-order valence-electron chi connectivity index (χ4n) is 2.61. The smallest absolute Gasteiger partial charge is 0.286 e. The van der Waals surface area contributed by atoms with E-state index in [0.29, 0.717) is 28.6 Å².